The van der Waals surface area contributed by atoms with E-state index in [0.717, 1.165) is 36.1 Å². The third kappa shape index (κ3) is 6.08. The van der Waals surface area contributed by atoms with E-state index < -0.39 is 0 Å². The second kappa shape index (κ2) is 12.4. The molecule has 1 aliphatic rings. The lowest BCUT2D eigenvalue weighted by atomic mass is 9.97. The first-order chi connectivity index (χ1) is 20.5. The fraction of sp³-hybridized carbons (Fsp3) is 0.226. The minimum absolute atomic E-state index is 0.143. The van der Waals surface area contributed by atoms with Gasteiger partial charge in [-0.2, -0.15) is 0 Å². The molecule has 0 saturated carbocycles. The predicted molar refractivity (Wildman–Crippen MR) is 160 cm³/mol. The summed E-state index contributed by atoms with van der Waals surface area (Å²) in [5, 5.41) is 18.2. The Labute approximate surface area is 247 Å². The lowest BCUT2D eigenvalue weighted by Crippen LogP contribution is -2.38. The summed E-state index contributed by atoms with van der Waals surface area (Å²) < 4.78 is 2.96. The number of aromatic nitrogens is 6. The van der Waals surface area contributed by atoms with Crippen molar-refractivity contribution in [1.29, 1.82) is 0 Å². The van der Waals surface area contributed by atoms with Gasteiger partial charge in [-0.25, -0.2) is 9.67 Å². The fourth-order valence-electron chi connectivity index (χ4n) is 5.25. The maximum atomic E-state index is 13.9. The Hall–Kier alpha value is -4.83. The van der Waals surface area contributed by atoms with Crippen LogP contribution in [0.3, 0.4) is 0 Å². The number of amides is 1. The van der Waals surface area contributed by atoms with Gasteiger partial charge in [-0.05, 0) is 65.4 Å². The Balaban J connectivity index is 1.24. The molecule has 0 saturated heterocycles. The maximum Gasteiger partial charge on any atom is 0.277 e. The minimum Gasteiger partial charge on any atom is -0.376 e. The normalized spacial score (nSPS) is 14.2. The highest BCUT2D eigenvalue weighted by molar-refractivity contribution is 6.30. The first-order valence-electron chi connectivity index (χ1n) is 13.8. The van der Waals surface area contributed by atoms with Gasteiger partial charge in [0.25, 0.3) is 5.56 Å². The Bertz CT molecular complexity index is 1740. The van der Waals surface area contributed by atoms with Crippen LogP contribution in [-0.2, 0) is 30.7 Å². The summed E-state index contributed by atoms with van der Waals surface area (Å²) in [6.07, 6.45) is 4.86. The lowest BCUT2D eigenvalue weighted by Gasteiger charge is -2.27. The number of nitrogens with zero attached hydrogens (tertiary/aromatic N) is 6. The number of tetrazole rings is 1. The number of aryl methyl sites for hydroxylation is 2. The summed E-state index contributed by atoms with van der Waals surface area (Å²) >= 11 is 6.23. The average molecular weight is 581 g/mol. The third-order valence-electron chi connectivity index (χ3n) is 7.39. The van der Waals surface area contributed by atoms with E-state index in [1.54, 1.807) is 18.2 Å². The number of hydrogen-bond acceptors (Lipinski definition) is 7. The molecule has 42 heavy (non-hydrogen) atoms. The molecule has 0 spiro atoms. The molecule has 0 aliphatic carbocycles. The molecule has 2 aromatic heterocycles. The first-order valence-corrected chi connectivity index (χ1v) is 14.2. The highest BCUT2D eigenvalue weighted by atomic mass is 35.5. The van der Waals surface area contributed by atoms with Crippen LogP contribution >= 0.6 is 11.6 Å². The zero-order valence-corrected chi connectivity index (χ0v) is 23.5. The van der Waals surface area contributed by atoms with Crippen LogP contribution in [0.2, 0.25) is 5.02 Å². The topological polar surface area (TPSA) is 120 Å². The second-order valence-electron chi connectivity index (χ2n) is 10.2. The molecular weight excluding hydrogens is 552 g/mol. The number of hydrogen-bond donors (Lipinski definition) is 2. The van der Waals surface area contributed by atoms with Crippen molar-refractivity contribution in [1.82, 2.24) is 35.1 Å². The van der Waals surface area contributed by atoms with Crippen molar-refractivity contribution in [2.75, 3.05) is 5.32 Å². The summed E-state index contributed by atoms with van der Waals surface area (Å²) in [6.45, 7) is -0.0251. The van der Waals surface area contributed by atoms with Crippen LogP contribution in [0.25, 0.3) is 17.1 Å². The number of carbonyl (C=O) groups excluding carboxylic acids is 1. The van der Waals surface area contributed by atoms with Gasteiger partial charge in [0.15, 0.2) is 0 Å². The Morgan fingerprint density at radius 3 is 2.60 bits per heavy atom. The highest BCUT2D eigenvalue weighted by Gasteiger charge is 2.25. The molecule has 0 unspecified atom stereocenters. The Kier molecular flexibility index (Phi) is 8.05. The lowest BCUT2D eigenvalue weighted by molar-refractivity contribution is -0.121. The van der Waals surface area contributed by atoms with Crippen LogP contribution in [0.5, 0.6) is 0 Å². The summed E-state index contributed by atoms with van der Waals surface area (Å²) in [4.78, 5) is 32.1. The molecule has 212 valence electrons. The number of fused-ring (bicyclic) bond motifs is 1. The van der Waals surface area contributed by atoms with Gasteiger partial charge in [-0.15, -0.1) is 5.10 Å². The molecule has 0 bridgehead atoms. The van der Waals surface area contributed by atoms with E-state index in [1.807, 2.05) is 48.5 Å². The molecule has 1 amide bonds. The molecule has 3 heterocycles. The molecule has 11 heteroatoms. The van der Waals surface area contributed by atoms with Gasteiger partial charge >= 0.3 is 0 Å². The molecule has 6 rings (SSSR count). The van der Waals surface area contributed by atoms with Crippen molar-refractivity contribution >= 4 is 23.2 Å². The molecule has 2 N–H and O–H groups in total. The van der Waals surface area contributed by atoms with Crippen LogP contribution in [0.1, 0.15) is 29.7 Å². The van der Waals surface area contributed by atoms with Crippen molar-refractivity contribution in [3.8, 4) is 17.1 Å². The molecule has 1 aliphatic heterocycles. The second-order valence-corrected chi connectivity index (χ2v) is 10.7. The third-order valence-corrected chi connectivity index (χ3v) is 7.63. The van der Waals surface area contributed by atoms with Crippen LogP contribution in [-0.4, -0.2) is 41.7 Å². The predicted octanol–water partition coefficient (Wildman–Crippen LogP) is 4.22. The maximum absolute atomic E-state index is 13.9. The number of rotatable bonds is 9. The van der Waals surface area contributed by atoms with E-state index in [-0.39, 0.29) is 30.6 Å². The van der Waals surface area contributed by atoms with Gasteiger partial charge < -0.3 is 10.6 Å². The van der Waals surface area contributed by atoms with Crippen LogP contribution < -0.4 is 16.2 Å². The van der Waals surface area contributed by atoms with E-state index in [0.29, 0.717) is 28.6 Å². The molecule has 3 aromatic carbocycles. The van der Waals surface area contributed by atoms with Crippen molar-refractivity contribution in [3.05, 3.63) is 117 Å². The number of nitrogens with one attached hydrogen (secondary N) is 2. The van der Waals surface area contributed by atoms with E-state index in [2.05, 4.69) is 38.3 Å². The van der Waals surface area contributed by atoms with E-state index in [1.165, 1.54) is 21.1 Å². The van der Waals surface area contributed by atoms with Crippen molar-refractivity contribution < 1.29 is 4.79 Å². The molecule has 10 nitrogen and oxygen atoms in total. The van der Waals surface area contributed by atoms with Crippen molar-refractivity contribution in [2.45, 2.75) is 44.8 Å². The summed E-state index contributed by atoms with van der Waals surface area (Å²) in [7, 11) is 0. The van der Waals surface area contributed by atoms with E-state index >= 15 is 0 Å². The van der Waals surface area contributed by atoms with E-state index in [9.17, 15) is 9.59 Å². The molecule has 5 aromatic rings. The standard InChI is InChI=1S/C31H29ClN8O2/c32-24-12-16-27(40-20-34-37-38-40)23(17-24)18-33-28(41)19-39-30(22-9-5-2-6-10-22)36-26-15-14-25(35-29(26)31(39)42)13-11-21-7-3-1-4-8-21/h1-10,12,16-17,20,25,35H,11,13-15,18-19H2,(H,33,41)/t25-/m0/s1. The molecular formula is C31H29ClN8O2. The van der Waals surface area contributed by atoms with Crippen molar-refractivity contribution in [2.24, 2.45) is 0 Å². The molecule has 0 fully saturated rings. The first kappa shape index (κ1) is 27.3. The van der Waals surface area contributed by atoms with Gasteiger partial charge in [0.05, 0.1) is 11.4 Å². The van der Waals surface area contributed by atoms with Gasteiger partial charge in [0.1, 0.15) is 24.4 Å². The van der Waals surface area contributed by atoms with Gasteiger partial charge in [0, 0.05) is 23.2 Å². The van der Waals surface area contributed by atoms with Gasteiger partial charge in [0.2, 0.25) is 5.91 Å². The van der Waals surface area contributed by atoms with Crippen LogP contribution in [0.4, 0.5) is 5.69 Å². The van der Waals surface area contributed by atoms with E-state index in [4.69, 9.17) is 16.6 Å². The number of halogens is 1. The van der Waals surface area contributed by atoms with Gasteiger partial charge in [-0.1, -0.05) is 72.3 Å². The number of carbonyl (C=O) groups is 1. The number of anilines is 1. The number of benzene rings is 3. The Morgan fingerprint density at radius 1 is 1.05 bits per heavy atom. The van der Waals surface area contributed by atoms with Crippen LogP contribution in [0, 0.1) is 0 Å². The summed E-state index contributed by atoms with van der Waals surface area (Å²) in [6, 6.07) is 25.2. The summed E-state index contributed by atoms with van der Waals surface area (Å²) in [5.41, 5.74) is 4.40. The monoisotopic (exact) mass is 580 g/mol. The Morgan fingerprint density at radius 2 is 1.83 bits per heavy atom. The van der Waals surface area contributed by atoms with Crippen molar-refractivity contribution in [3.63, 3.8) is 0 Å². The fourth-order valence-corrected chi connectivity index (χ4v) is 5.45. The average Bonchev–Trinajstić information content (AvgIpc) is 3.56. The highest BCUT2D eigenvalue weighted by Crippen LogP contribution is 2.26. The molecule has 1 atom stereocenters. The molecule has 0 radical (unpaired) electrons. The largest absolute Gasteiger partial charge is 0.376 e. The minimum atomic E-state index is -0.338. The smallest absolute Gasteiger partial charge is 0.277 e. The van der Waals surface area contributed by atoms with Gasteiger partial charge in [-0.3, -0.25) is 14.2 Å². The summed E-state index contributed by atoms with van der Waals surface area (Å²) in [5.74, 6) is 0.131. The SMILES string of the molecule is O=C(Cn1c(-c2ccccc2)nc2c(c1=O)N[C@@H](CCc1ccccc1)CC2)NCc1cc(Cl)ccc1-n1cnnn1. The van der Waals surface area contributed by atoms with Crippen LogP contribution in [0.15, 0.2) is 90.0 Å². The zero-order chi connectivity index (χ0) is 28.9. The quantitative estimate of drug-likeness (QED) is 0.268. The zero-order valence-electron chi connectivity index (χ0n) is 22.8.